The van der Waals surface area contributed by atoms with Crippen LogP contribution in [-0.4, -0.2) is 34.6 Å². The summed E-state index contributed by atoms with van der Waals surface area (Å²) in [6.45, 7) is 0. The minimum absolute atomic E-state index is 0.0880. The lowest BCUT2D eigenvalue weighted by molar-refractivity contribution is -0.137. The second-order valence-electron chi connectivity index (χ2n) is 11.2. The van der Waals surface area contributed by atoms with E-state index in [0.29, 0.717) is 27.9 Å². The quantitative estimate of drug-likeness (QED) is 0.165. The molecule has 0 radical (unpaired) electrons. The lowest BCUT2D eigenvalue weighted by atomic mass is 9.99. The number of alkyl halides is 6. The Hall–Kier alpha value is -5.21. The monoisotopic (exact) mass is 780 g/mol. The van der Waals surface area contributed by atoms with E-state index in [1.807, 2.05) is 12.1 Å². The van der Waals surface area contributed by atoms with Crippen molar-refractivity contribution in [1.82, 2.24) is 19.9 Å². The fraction of sp³-hybridized carbons (Fsp3) is 0.0811. The Balaban J connectivity index is 0.000000187. The molecule has 0 aliphatic carbocycles. The standard InChI is InChI=1S/C22H15F3N2O2S.C15H8BrF3N2/c1-30(28,29)17-8-3-6-15(12-17)14-5-2-7-16(11-14)20-18-9-4-10-19(22(23,24)25)21(18)27-13-26-20;16-10-4-1-3-9(7-10)13-11-5-2-6-12(15(17,18)19)14(11)21-8-20-13/h2-13H,1H3;1-8H. The molecular weight excluding hydrogens is 758 g/mol. The molecule has 0 unspecified atom stereocenters. The van der Waals surface area contributed by atoms with Gasteiger partial charge in [-0.2, -0.15) is 26.3 Å². The maximum absolute atomic E-state index is 13.4. The number of benzene rings is 5. The smallest absolute Gasteiger partial charge is 0.236 e. The molecule has 14 heteroatoms. The third-order valence-corrected chi connectivity index (χ3v) is 9.37. The molecule has 0 saturated carbocycles. The second-order valence-corrected chi connectivity index (χ2v) is 14.2. The number of aromatic nitrogens is 4. The van der Waals surface area contributed by atoms with Crippen LogP contribution in [0.15, 0.2) is 131 Å². The van der Waals surface area contributed by atoms with Crippen LogP contribution in [0.1, 0.15) is 11.1 Å². The topological polar surface area (TPSA) is 85.7 Å². The van der Waals surface area contributed by atoms with E-state index in [-0.39, 0.29) is 21.3 Å². The summed E-state index contributed by atoms with van der Waals surface area (Å²) in [5, 5.41) is 0.666. The first-order valence-electron chi connectivity index (χ1n) is 14.9. The van der Waals surface area contributed by atoms with Gasteiger partial charge in [0, 0.05) is 32.6 Å². The molecule has 7 aromatic rings. The summed E-state index contributed by atoms with van der Waals surface area (Å²) in [4.78, 5) is 16.2. The van der Waals surface area contributed by atoms with Crippen molar-refractivity contribution in [2.45, 2.75) is 17.2 Å². The van der Waals surface area contributed by atoms with Gasteiger partial charge in [-0.25, -0.2) is 28.4 Å². The van der Waals surface area contributed by atoms with E-state index in [2.05, 4.69) is 35.9 Å². The maximum atomic E-state index is 13.4. The summed E-state index contributed by atoms with van der Waals surface area (Å²) in [7, 11) is -3.37. The van der Waals surface area contributed by atoms with Crippen molar-refractivity contribution in [3.05, 3.63) is 137 Å². The molecule has 2 aromatic heterocycles. The van der Waals surface area contributed by atoms with Gasteiger partial charge in [0.1, 0.15) is 12.7 Å². The molecule has 0 atom stereocenters. The summed E-state index contributed by atoms with van der Waals surface area (Å²) >= 11 is 3.35. The summed E-state index contributed by atoms with van der Waals surface area (Å²) in [5.74, 6) is 0. The van der Waals surface area contributed by atoms with Gasteiger partial charge in [0.25, 0.3) is 0 Å². The molecule has 7 rings (SSSR count). The average Bonchev–Trinajstić information content (AvgIpc) is 3.10. The predicted octanol–water partition coefficient (Wildman–Crippen LogP) is 10.5. The highest BCUT2D eigenvalue weighted by Crippen LogP contribution is 2.38. The number of fused-ring (bicyclic) bond motifs is 2. The SMILES string of the molecule is CS(=O)(=O)c1cccc(-c2cccc(-c3ncnc4c(C(F)(F)F)cccc34)c2)c1.FC(F)(F)c1cccc2c(-c3cccc(Br)c3)ncnc12. The Morgan fingerprint density at radius 3 is 1.45 bits per heavy atom. The zero-order chi connectivity index (χ0) is 36.6. The normalized spacial score (nSPS) is 12.1. The molecule has 0 aliphatic rings. The zero-order valence-corrected chi connectivity index (χ0v) is 28.6. The van der Waals surface area contributed by atoms with Crippen molar-refractivity contribution < 1.29 is 34.8 Å². The first kappa shape index (κ1) is 35.6. The number of hydrogen-bond acceptors (Lipinski definition) is 6. The van der Waals surface area contributed by atoms with Crippen molar-refractivity contribution in [3.63, 3.8) is 0 Å². The van der Waals surface area contributed by atoms with E-state index in [9.17, 15) is 34.8 Å². The molecule has 51 heavy (non-hydrogen) atoms. The predicted molar refractivity (Wildman–Crippen MR) is 186 cm³/mol. The minimum atomic E-state index is -4.53. The van der Waals surface area contributed by atoms with Gasteiger partial charge in [-0.05, 0) is 53.6 Å². The maximum Gasteiger partial charge on any atom is 0.418 e. The van der Waals surface area contributed by atoms with Crippen LogP contribution in [0.4, 0.5) is 26.3 Å². The van der Waals surface area contributed by atoms with Crippen molar-refractivity contribution in [3.8, 4) is 33.6 Å². The van der Waals surface area contributed by atoms with Crippen LogP contribution < -0.4 is 0 Å². The Kier molecular flexibility index (Phi) is 9.66. The van der Waals surface area contributed by atoms with Crippen molar-refractivity contribution in [2.75, 3.05) is 6.26 Å². The van der Waals surface area contributed by atoms with Gasteiger partial charge in [-0.3, -0.25) is 0 Å². The molecular formula is C37H23BrF6N4O2S. The number of para-hydroxylation sites is 2. The number of halogens is 7. The van der Waals surface area contributed by atoms with Crippen LogP contribution in [0.5, 0.6) is 0 Å². The molecule has 0 N–H and O–H groups in total. The van der Waals surface area contributed by atoms with Crippen molar-refractivity contribution in [1.29, 1.82) is 0 Å². The van der Waals surface area contributed by atoms with Crippen molar-refractivity contribution in [2.24, 2.45) is 0 Å². The van der Waals surface area contributed by atoms with E-state index < -0.39 is 33.3 Å². The fourth-order valence-electron chi connectivity index (χ4n) is 5.48. The highest BCUT2D eigenvalue weighted by Gasteiger charge is 2.34. The molecule has 2 heterocycles. The lowest BCUT2D eigenvalue weighted by Gasteiger charge is -2.12. The summed E-state index contributed by atoms with van der Waals surface area (Å²) in [6.07, 6.45) is -5.56. The molecule has 0 fully saturated rings. The molecule has 0 aliphatic heterocycles. The lowest BCUT2D eigenvalue weighted by Crippen LogP contribution is -2.07. The fourth-order valence-corrected chi connectivity index (χ4v) is 6.55. The summed E-state index contributed by atoms with van der Waals surface area (Å²) in [5.41, 5.74) is 1.75. The van der Waals surface area contributed by atoms with Crippen molar-refractivity contribution >= 4 is 47.6 Å². The van der Waals surface area contributed by atoms with Crippen LogP contribution >= 0.6 is 15.9 Å². The number of nitrogens with zero attached hydrogens (tertiary/aromatic N) is 4. The number of sulfone groups is 1. The first-order chi connectivity index (χ1) is 24.1. The third-order valence-electron chi connectivity index (χ3n) is 7.77. The van der Waals surface area contributed by atoms with E-state index in [1.165, 1.54) is 18.2 Å². The van der Waals surface area contributed by atoms with E-state index in [4.69, 9.17) is 0 Å². The van der Waals surface area contributed by atoms with E-state index in [1.54, 1.807) is 66.7 Å². The highest BCUT2D eigenvalue weighted by atomic mass is 79.9. The van der Waals surface area contributed by atoms with Gasteiger partial charge in [-0.15, -0.1) is 0 Å². The Bertz CT molecular complexity index is 2530. The highest BCUT2D eigenvalue weighted by molar-refractivity contribution is 9.10. The minimum Gasteiger partial charge on any atom is -0.236 e. The van der Waals surface area contributed by atoms with Crippen LogP contribution in [0.3, 0.4) is 0 Å². The Morgan fingerprint density at radius 1 is 0.529 bits per heavy atom. The number of hydrogen-bond donors (Lipinski definition) is 0. The van der Waals surface area contributed by atoms with Gasteiger partial charge < -0.3 is 0 Å². The molecule has 0 spiro atoms. The summed E-state index contributed by atoms with van der Waals surface area (Å²) < 4.78 is 104. The van der Waals surface area contributed by atoms with Gasteiger partial charge in [-0.1, -0.05) is 82.7 Å². The zero-order valence-electron chi connectivity index (χ0n) is 26.2. The second kappa shape index (κ2) is 13.8. The largest absolute Gasteiger partial charge is 0.418 e. The average molecular weight is 782 g/mol. The Labute approximate surface area is 295 Å². The molecule has 0 saturated heterocycles. The molecule has 6 nitrogen and oxygen atoms in total. The molecule has 0 bridgehead atoms. The third kappa shape index (κ3) is 7.76. The van der Waals surface area contributed by atoms with Crippen LogP contribution in [0.25, 0.3) is 55.4 Å². The van der Waals surface area contributed by atoms with Gasteiger partial charge >= 0.3 is 12.4 Å². The first-order valence-corrected chi connectivity index (χ1v) is 17.6. The van der Waals surface area contributed by atoms with E-state index >= 15 is 0 Å². The Morgan fingerprint density at radius 2 is 0.961 bits per heavy atom. The number of rotatable bonds is 4. The van der Waals surface area contributed by atoms with E-state index in [0.717, 1.165) is 46.6 Å². The molecule has 0 amide bonds. The van der Waals surface area contributed by atoms with Gasteiger partial charge in [0.15, 0.2) is 9.84 Å². The van der Waals surface area contributed by atoms with Crippen LogP contribution in [0.2, 0.25) is 0 Å². The summed E-state index contributed by atoms with van der Waals surface area (Å²) in [6, 6.07) is 28.7. The van der Waals surface area contributed by atoms with Crippen LogP contribution in [0, 0.1) is 0 Å². The molecule has 5 aromatic carbocycles. The van der Waals surface area contributed by atoms with Gasteiger partial charge in [0.2, 0.25) is 0 Å². The van der Waals surface area contributed by atoms with Gasteiger partial charge in [0.05, 0.1) is 38.4 Å². The molecule has 258 valence electrons. The van der Waals surface area contributed by atoms with Crippen LogP contribution in [-0.2, 0) is 22.2 Å².